The normalized spacial score (nSPS) is 11.4. The van der Waals surface area contributed by atoms with E-state index >= 15 is 0 Å². The molecule has 5 aromatic carbocycles. The van der Waals surface area contributed by atoms with E-state index in [-0.39, 0.29) is 0 Å². The molecule has 0 radical (unpaired) electrons. The van der Waals surface area contributed by atoms with Gasteiger partial charge in [0.25, 0.3) is 0 Å². The molecule has 0 unspecified atom stereocenters. The summed E-state index contributed by atoms with van der Waals surface area (Å²) in [4.78, 5) is 9.79. The van der Waals surface area contributed by atoms with Crippen LogP contribution in [-0.4, -0.2) is 9.97 Å². The van der Waals surface area contributed by atoms with Gasteiger partial charge in [0.15, 0.2) is 5.58 Å². The number of hydrogen-bond donors (Lipinski definition) is 0. The second-order valence-corrected chi connectivity index (χ2v) is 10.6. The summed E-state index contributed by atoms with van der Waals surface area (Å²) < 4.78 is 7.47. The summed E-state index contributed by atoms with van der Waals surface area (Å²) in [5.74, 6) is 0.647. The van der Waals surface area contributed by atoms with E-state index in [0.717, 1.165) is 55.0 Å². The number of oxazole rings is 1. The third-order valence-corrected chi connectivity index (χ3v) is 8.07. The van der Waals surface area contributed by atoms with Gasteiger partial charge in [-0.05, 0) is 83.6 Å². The quantitative estimate of drug-likeness (QED) is 0.237. The Morgan fingerprint density at radius 3 is 1.87 bits per heavy atom. The van der Waals surface area contributed by atoms with Gasteiger partial charge >= 0.3 is 0 Å². The maximum absolute atomic E-state index is 6.28. The van der Waals surface area contributed by atoms with Crippen LogP contribution in [0.3, 0.4) is 0 Å². The third-order valence-electron chi connectivity index (χ3n) is 7.02. The number of nitrogens with zero attached hydrogens (tertiary/aromatic N) is 2. The lowest BCUT2D eigenvalue weighted by Crippen LogP contribution is -1.90. The Hall–Kier alpha value is -4.54. The number of benzene rings is 5. The molecule has 0 aliphatic rings. The van der Waals surface area contributed by atoms with Crippen molar-refractivity contribution in [1.82, 2.24) is 9.97 Å². The lowest BCUT2D eigenvalue weighted by atomic mass is 10.00. The van der Waals surface area contributed by atoms with E-state index in [1.54, 1.807) is 11.3 Å². The fraction of sp³-hybridized carbons (Fsp3) is 0.0588. The largest absolute Gasteiger partial charge is 0.436 e. The number of hydrogen-bond acceptors (Lipinski definition) is 4. The molecule has 0 fully saturated rings. The lowest BCUT2D eigenvalue weighted by molar-refractivity contribution is 0.619. The van der Waals surface area contributed by atoms with E-state index in [1.807, 2.05) is 30.3 Å². The van der Waals surface area contributed by atoms with Gasteiger partial charge in [-0.1, -0.05) is 72.8 Å². The van der Waals surface area contributed by atoms with E-state index in [1.165, 1.54) is 15.8 Å². The van der Waals surface area contributed by atoms with E-state index < -0.39 is 0 Å². The molecule has 2 aromatic heterocycles. The van der Waals surface area contributed by atoms with E-state index in [9.17, 15) is 0 Å². The molecule has 0 N–H and O–H groups in total. The first-order chi connectivity index (χ1) is 18.6. The van der Waals surface area contributed by atoms with Crippen LogP contribution < -0.4 is 0 Å². The molecule has 0 bridgehead atoms. The van der Waals surface area contributed by atoms with Crippen LogP contribution in [0.2, 0.25) is 0 Å². The van der Waals surface area contributed by atoms with Gasteiger partial charge in [-0.3, -0.25) is 0 Å². The molecule has 182 valence electrons. The van der Waals surface area contributed by atoms with Crippen molar-refractivity contribution in [3.05, 3.63) is 120 Å². The molecule has 0 amide bonds. The van der Waals surface area contributed by atoms with Crippen LogP contribution in [0.15, 0.2) is 114 Å². The molecule has 7 aromatic rings. The maximum Gasteiger partial charge on any atom is 0.227 e. The Balaban J connectivity index is 1.25. The van der Waals surface area contributed by atoms with Crippen LogP contribution in [0.1, 0.15) is 11.1 Å². The highest BCUT2D eigenvalue weighted by molar-refractivity contribution is 7.21. The monoisotopic (exact) mass is 508 g/mol. The molecule has 0 saturated carbocycles. The Morgan fingerprint density at radius 2 is 1.16 bits per heavy atom. The molecule has 0 aliphatic carbocycles. The van der Waals surface area contributed by atoms with Crippen molar-refractivity contribution >= 4 is 32.7 Å². The van der Waals surface area contributed by atoms with Crippen LogP contribution in [0, 0.1) is 13.8 Å². The minimum Gasteiger partial charge on any atom is -0.436 e. The number of thiazole rings is 1. The fourth-order valence-electron chi connectivity index (χ4n) is 4.98. The average Bonchev–Trinajstić information content (AvgIpc) is 3.58. The average molecular weight is 509 g/mol. The molecule has 7 rings (SSSR count). The van der Waals surface area contributed by atoms with Gasteiger partial charge in [-0.15, -0.1) is 11.3 Å². The summed E-state index contributed by atoms with van der Waals surface area (Å²) >= 11 is 1.74. The van der Waals surface area contributed by atoms with Crippen LogP contribution in [0.4, 0.5) is 0 Å². The Morgan fingerprint density at radius 1 is 0.553 bits per heavy atom. The summed E-state index contributed by atoms with van der Waals surface area (Å²) in [6.07, 6.45) is 0. The Labute approximate surface area is 225 Å². The lowest BCUT2D eigenvalue weighted by Gasteiger charge is -2.08. The van der Waals surface area contributed by atoms with Crippen LogP contribution in [0.25, 0.3) is 65.6 Å². The minimum absolute atomic E-state index is 0.647. The summed E-state index contributed by atoms with van der Waals surface area (Å²) in [5.41, 5.74) is 11.8. The van der Waals surface area contributed by atoms with E-state index in [0.29, 0.717) is 5.89 Å². The van der Waals surface area contributed by atoms with Gasteiger partial charge in [0.2, 0.25) is 5.89 Å². The van der Waals surface area contributed by atoms with Crippen molar-refractivity contribution in [1.29, 1.82) is 0 Å². The van der Waals surface area contributed by atoms with Crippen molar-refractivity contribution in [2.75, 3.05) is 0 Å². The zero-order valence-corrected chi connectivity index (χ0v) is 21.9. The molecular formula is C34H24N2OS. The number of rotatable bonds is 4. The van der Waals surface area contributed by atoms with E-state index in [4.69, 9.17) is 14.4 Å². The van der Waals surface area contributed by atoms with Crippen molar-refractivity contribution in [3.63, 3.8) is 0 Å². The maximum atomic E-state index is 6.28. The molecule has 0 saturated heterocycles. The molecule has 0 atom stereocenters. The Kier molecular flexibility index (Phi) is 5.41. The molecule has 3 nitrogen and oxygen atoms in total. The topological polar surface area (TPSA) is 38.9 Å². The summed E-state index contributed by atoms with van der Waals surface area (Å²) in [6.45, 7) is 4.25. The van der Waals surface area contributed by atoms with Crippen LogP contribution >= 0.6 is 11.3 Å². The number of aryl methyl sites for hydroxylation is 2. The Bertz CT molecular complexity index is 1790. The molecule has 38 heavy (non-hydrogen) atoms. The summed E-state index contributed by atoms with van der Waals surface area (Å²) in [6, 6.07) is 37.9. The van der Waals surface area contributed by atoms with Gasteiger partial charge < -0.3 is 4.42 Å². The summed E-state index contributed by atoms with van der Waals surface area (Å²) in [5, 5.41) is 1.03. The third kappa shape index (κ3) is 4.00. The van der Waals surface area contributed by atoms with E-state index in [2.05, 4.69) is 92.7 Å². The van der Waals surface area contributed by atoms with Gasteiger partial charge in [0.05, 0.1) is 10.2 Å². The van der Waals surface area contributed by atoms with Crippen molar-refractivity contribution < 1.29 is 4.42 Å². The second-order valence-electron chi connectivity index (χ2n) is 9.62. The standard InChI is InChI=1S/C34H24N2OS/c1-21-18-28(34-36-30-16-14-26(20-32(30)38-34)24-11-7-4-8-12-24)22(2)17-27(21)33-35-29-15-13-25(19-31(29)37-33)23-9-5-3-6-10-23/h3-20H,1-2H3. The van der Waals surface area contributed by atoms with Crippen molar-refractivity contribution in [3.8, 4) is 44.3 Å². The number of fused-ring (bicyclic) bond motifs is 2. The molecule has 2 heterocycles. The molecule has 0 spiro atoms. The van der Waals surface area contributed by atoms with Gasteiger partial charge in [0.1, 0.15) is 10.5 Å². The highest BCUT2D eigenvalue weighted by Crippen LogP contribution is 2.38. The zero-order chi connectivity index (χ0) is 25.6. The zero-order valence-electron chi connectivity index (χ0n) is 21.1. The summed E-state index contributed by atoms with van der Waals surface area (Å²) in [7, 11) is 0. The molecule has 0 aliphatic heterocycles. The predicted octanol–water partition coefficient (Wildman–Crippen LogP) is 9.72. The smallest absolute Gasteiger partial charge is 0.227 e. The minimum atomic E-state index is 0.647. The van der Waals surface area contributed by atoms with Gasteiger partial charge in [-0.2, -0.15) is 0 Å². The van der Waals surface area contributed by atoms with Gasteiger partial charge in [0, 0.05) is 11.1 Å². The first kappa shape index (κ1) is 22.6. The first-order valence-corrected chi connectivity index (χ1v) is 13.5. The molecular weight excluding hydrogens is 484 g/mol. The molecule has 4 heteroatoms. The second kappa shape index (κ2) is 9.09. The van der Waals surface area contributed by atoms with Crippen molar-refractivity contribution in [2.24, 2.45) is 0 Å². The van der Waals surface area contributed by atoms with Crippen molar-refractivity contribution in [2.45, 2.75) is 13.8 Å². The highest BCUT2D eigenvalue weighted by Gasteiger charge is 2.16. The van der Waals surface area contributed by atoms with Crippen LogP contribution in [0.5, 0.6) is 0 Å². The first-order valence-electron chi connectivity index (χ1n) is 12.7. The number of aromatic nitrogens is 2. The van der Waals surface area contributed by atoms with Crippen LogP contribution in [-0.2, 0) is 0 Å². The van der Waals surface area contributed by atoms with Gasteiger partial charge in [-0.25, -0.2) is 9.97 Å². The predicted molar refractivity (Wildman–Crippen MR) is 158 cm³/mol. The SMILES string of the molecule is Cc1cc(-c2nc3ccc(-c4ccccc4)cc3s2)c(C)cc1-c1nc2ccc(-c3ccccc3)cc2o1. The fourth-order valence-corrected chi connectivity index (χ4v) is 6.06. The highest BCUT2D eigenvalue weighted by atomic mass is 32.1.